The summed E-state index contributed by atoms with van der Waals surface area (Å²) in [5.74, 6) is -0.106. The Morgan fingerprint density at radius 2 is 1.76 bits per heavy atom. The summed E-state index contributed by atoms with van der Waals surface area (Å²) in [6.45, 7) is 13.8. The Kier molecular flexibility index (Phi) is 5.33. The van der Waals surface area contributed by atoms with E-state index in [0.717, 1.165) is 54.9 Å². The van der Waals surface area contributed by atoms with Crippen LogP contribution in [0.3, 0.4) is 0 Å². The van der Waals surface area contributed by atoms with Crippen LogP contribution in [0.1, 0.15) is 34.1 Å². The smallest absolute Gasteiger partial charge is 0.272 e. The Labute approximate surface area is 172 Å². The zero-order valence-corrected chi connectivity index (χ0v) is 17.8. The maximum absolute atomic E-state index is 12.8. The van der Waals surface area contributed by atoms with Gasteiger partial charge < -0.3 is 20.1 Å². The lowest BCUT2D eigenvalue weighted by Gasteiger charge is -2.35. The molecule has 1 aromatic heterocycles. The van der Waals surface area contributed by atoms with Gasteiger partial charge in [0.2, 0.25) is 0 Å². The number of aromatic amines is 1. The molecule has 0 unspecified atom stereocenters. The van der Waals surface area contributed by atoms with Crippen molar-refractivity contribution < 1.29 is 4.79 Å². The van der Waals surface area contributed by atoms with Crippen LogP contribution < -0.4 is 10.2 Å². The fraction of sp³-hybridized carbons (Fsp3) is 0.375. The molecular formula is C24H30N4O. The van der Waals surface area contributed by atoms with Crippen molar-refractivity contribution in [3.05, 3.63) is 58.8 Å². The number of nitrogens with zero attached hydrogens (tertiary/aromatic N) is 2. The van der Waals surface area contributed by atoms with E-state index in [1.165, 1.54) is 16.8 Å². The van der Waals surface area contributed by atoms with Crippen LogP contribution in [0.2, 0.25) is 0 Å². The van der Waals surface area contributed by atoms with E-state index in [9.17, 15) is 4.79 Å². The van der Waals surface area contributed by atoms with Gasteiger partial charge in [-0.05, 0) is 74.3 Å². The average Bonchev–Trinajstić information content (AvgIpc) is 3.14. The van der Waals surface area contributed by atoms with Gasteiger partial charge in [-0.25, -0.2) is 0 Å². The fourth-order valence-corrected chi connectivity index (χ4v) is 4.22. The minimum atomic E-state index is -0.106. The van der Waals surface area contributed by atoms with Crippen LogP contribution in [-0.4, -0.2) is 48.5 Å². The van der Waals surface area contributed by atoms with Gasteiger partial charge in [-0.15, -0.1) is 0 Å². The highest BCUT2D eigenvalue weighted by Gasteiger charge is 2.17. The number of amides is 1. The lowest BCUT2D eigenvalue weighted by atomic mass is 10.1. The third kappa shape index (κ3) is 4.01. The Morgan fingerprint density at radius 3 is 2.45 bits per heavy atom. The molecule has 2 heterocycles. The summed E-state index contributed by atoms with van der Waals surface area (Å²) in [5, 5.41) is 4.17. The third-order valence-electron chi connectivity index (χ3n) is 5.98. The average molecular weight is 391 g/mol. The predicted molar refractivity (Wildman–Crippen MR) is 121 cm³/mol. The maximum Gasteiger partial charge on any atom is 0.272 e. The molecule has 2 aromatic carbocycles. The SMILES string of the molecule is CCN1CCN(c2ccc(NC(=O)c3cc4c(C)cc(C)cc4[nH]3)c(C)c2)CC1. The number of fused-ring (bicyclic) bond motifs is 1. The molecule has 1 saturated heterocycles. The number of aryl methyl sites for hydroxylation is 3. The van der Waals surface area contributed by atoms with Gasteiger partial charge in [0.15, 0.2) is 0 Å². The van der Waals surface area contributed by atoms with E-state index >= 15 is 0 Å². The highest BCUT2D eigenvalue weighted by Crippen LogP contribution is 2.25. The highest BCUT2D eigenvalue weighted by molar-refractivity contribution is 6.06. The molecule has 1 amide bonds. The number of hydrogen-bond donors (Lipinski definition) is 2. The molecule has 0 aliphatic carbocycles. The molecule has 2 N–H and O–H groups in total. The first-order chi connectivity index (χ1) is 13.9. The molecule has 0 atom stereocenters. The highest BCUT2D eigenvalue weighted by atomic mass is 16.1. The molecule has 1 aliphatic heterocycles. The first kappa shape index (κ1) is 19.5. The molecule has 152 valence electrons. The Morgan fingerprint density at radius 1 is 1.00 bits per heavy atom. The van der Waals surface area contributed by atoms with Gasteiger partial charge in [0.25, 0.3) is 5.91 Å². The largest absolute Gasteiger partial charge is 0.369 e. The van der Waals surface area contributed by atoms with Crippen LogP contribution >= 0.6 is 0 Å². The van der Waals surface area contributed by atoms with Crippen molar-refractivity contribution in [2.45, 2.75) is 27.7 Å². The number of likely N-dealkylation sites (N-methyl/N-ethyl adjacent to an activating group) is 1. The first-order valence-corrected chi connectivity index (χ1v) is 10.4. The van der Waals surface area contributed by atoms with Crippen molar-refractivity contribution in [3.8, 4) is 0 Å². The van der Waals surface area contributed by atoms with Gasteiger partial charge in [0, 0.05) is 48.5 Å². The number of benzene rings is 2. The number of H-pyrrole nitrogens is 1. The molecule has 0 spiro atoms. The summed E-state index contributed by atoms with van der Waals surface area (Å²) in [7, 11) is 0. The number of anilines is 2. The first-order valence-electron chi connectivity index (χ1n) is 10.4. The summed E-state index contributed by atoms with van der Waals surface area (Å²) >= 11 is 0. The normalized spacial score (nSPS) is 15.1. The molecule has 3 aromatic rings. The maximum atomic E-state index is 12.8. The molecular weight excluding hydrogens is 360 g/mol. The van der Waals surface area contributed by atoms with Crippen LogP contribution in [0, 0.1) is 20.8 Å². The molecule has 4 rings (SSSR count). The zero-order chi connectivity index (χ0) is 20.5. The van der Waals surface area contributed by atoms with Crippen LogP contribution in [0.25, 0.3) is 10.9 Å². The molecule has 5 nitrogen and oxygen atoms in total. The van der Waals surface area contributed by atoms with Gasteiger partial charge in [-0.1, -0.05) is 13.0 Å². The van der Waals surface area contributed by atoms with Crippen LogP contribution in [0.15, 0.2) is 36.4 Å². The van der Waals surface area contributed by atoms with E-state index < -0.39 is 0 Å². The van der Waals surface area contributed by atoms with Crippen LogP contribution in [0.5, 0.6) is 0 Å². The Hall–Kier alpha value is -2.79. The van der Waals surface area contributed by atoms with E-state index in [2.05, 4.69) is 72.1 Å². The molecule has 1 aliphatic rings. The quantitative estimate of drug-likeness (QED) is 0.690. The molecule has 0 radical (unpaired) electrons. The fourth-order valence-electron chi connectivity index (χ4n) is 4.22. The van der Waals surface area contributed by atoms with Gasteiger partial charge in [0.05, 0.1) is 0 Å². The van der Waals surface area contributed by atoms with Crippen LogP contribution in [0.4, 0.5) is 11.4 Å². The second kappa shape index (κ2) is 7.91. The molecule has 1 fully saturated rings. The number of nitrogens with one attached hydrogen (secondary N) is 2. The second-order valence-electron chi connectivity index (χ2n) is 8.10. The molecule has 5 heteroatoms. The van der Waals surface area contributed by atoms with E-state index in [1.54, 1.807) is 0 Å². The summed E-state index contributed by atoms with van der Waals surface area (Å²) < 4.78 is 0. The molecule has 0 bridgehead atoms. The summed E-state index contributed by atoms with van der Waals surface area (Å²) in [6, 6.07) is 12.5. The van der Waals surface area contributed by atoms with Crippen molar-refractivity contribution in [1.29, 1.82) is 0 Å². The molecule has 0 saturated carbocycles. The number of rotatable bonds is 4. The number of piperazine rings is 1. The zero-order valence-electron chi connectivity index (χ0n) is 17.8. The summed E-state index contributed by atoms with van der Waals surface area (Å²) in [5.41, 5.74) is 7.13. The number of carbonyl (C=O) groups excluding carboxylic acids is 1. The van der Waals surface area contributed by atoms with Gasteiger partial charge in [-0.3, -0.25) is 4.79 Å². The third-order valence-corrected chi connectivity index (χ3v) is 5.98. The standard InChI is InChI=1S/C24H30N4O/c1-5-27-8-10-28(11-9-27)19-6-7-21(18(4)14-19)26-24(29)23-15-20-17(3)12-16(2)13-22(20)25-23/h6-7,12-15,25H,5,8-11H2,1-4H3,(H,26,29). The minimum Gasteiger partial charge on any atom is -0.369 e. The Balaban J connectivity index is 1.49. The summed E-state index contributed by atoms with van der Waals surface area (Å²) in [4.78, 5) is 21.0. The number of carbonyl (C=O) groups is 1. The monoisotopic (exact) mass is 390 g/mol. The van der Waals surface area contributed by atoms with Crippen molar-refractivity contribution in [3.63, 3.8) is 0 Å². The van der Waals surface area contributed by atoms with Crippen molar-refractivity contribution in [1.82, 2.24) is 9.88 Å². The minimum absolute atomic E-state index is 0.106. The van der Waals surface area contributed by atoms with Crippen molar-refractivity contribution in [2.75, 3.05) is 42.9 Å². The lowest BCUT2D eigenvalue weighted by Crippen LogP contribution is -2.46. The van der Waals surface area contributed by atoms with E-state index in [1.807, 2.05) is 12.1 Å². The van der Waals surface area contributed by atoms with Crippen LogP contribution in [-0.2, 0) is 0 Å². The lowest BCUT2D eigenvalue weighted by molar-refractivity contribution is 0.102. The topological polar surface area (TPSA) is 51.4 Å². The molecule has 29 heavy (non-hydrogen) atoms. The number of aromatic nitrogens is 1. The van der Waals surface area contributed by atoms with Crippen molar-refractivity contribution in [2.24, 2.45) is 0 Å². The Bertz CT molecular complexity index is 1040. The summed E-state index contributed by atoms with van der Waals surface area (Å²) in [6.07, 6.45) is 0. The van der Waals surface area contributed by atoms with E-state index in [4.69, 9.17) is 0 Å². The van der Waals surface area contributed by atoms with E-state index in [0.29, 0.717) is 5.69 Å². The predicted octanol–water partition coefficient (Wildman–Crippen LogP) is 4.49. The van der Waals surface area contributed by atoms with Crippen molar-refractivity contribution >= 4 is 28.2 Å². The van der Waals surface area contributed by atoms with E-state index in [-0.39, 0.29) is 5.91 Å². The number of hydrogen-bond acceptors (Lipinski definition) is 3. The van der Waals surface area contributed by atoms with Gasteiger partial charge in [-0.2, -0.15) is 0 Å². The second-order valence-corrected chi connectivity index (χ2v) is 8.10. The van der Waals surface area contributed by atoms with Gasteiger partial charge >= 0.3 is 0 Å². The van der Waals surface area contributed by atoms with Gasteiger partial charge in [0.1, 0.15) is 5.69 Å².